The molecule has 0 radical (unpaired) electrons. The molecule has 4 nitrogen and oxygen atoms in total. The number of rotatable bonds is 4. The van der Waals surface area contributed by atoms with Crippen molar-refractivity contribution in [2.24, 2.45) is 5.73 Å². The summed E-state index contributed by atoms with van der Waals surface area (Å²) in [5.74, 6) is 0. The van der Waals surface area contributed by atoms with E-state index in [2.05, 4.69) is 25.7 Å². The molecule has 0 aromatic rings. The number of hydrogen-bond donors (Lipinski definition) is 1. The van der Waals surface area contributed by atoms with E-state index in [0.717, 1.165) is 13.1 Å². The first-order valence-electron chi connectivity index (χ1n) is 5.59. The van der Waals surface area contributed by atoms with Crippen LogP contribution in [0.3, 0.4) is 0 Å². The quantitative estimate of drug-likeness (QED) is 0.741. The minimum absolute atomic E-state index is 0.0845. The highest BCUT2D eigenvalue weighted by Gasteiger charge is 2.34. The molecule has 2 atom stereocenters. The van der Waals surface area contributed by atoms with E-state index >= 15 is 0 Å². The molecule has 0 amide bonds. The zero-order valence-corrected chi connectivity index (χ0v) is 10.3. The highest BCUT2D eigenvalue weighted by Crippen LogP contribution is 2.22. The fourth-order valence-electron chi connectivity index (χ4n) is 2.30. The van der Waals surface area contributed by atoms with Crippen LogP contribution in [0.1, 0.15) is 20.8 Å². The van der Waals surface area contributed by atoms with Crippen molar-refractivity contribution < 1.29 is 9.47 Å². The van der Waals surface area contributed by atoms with Crippen LogP contribution in [0.5, 0.6) is 0 Å². The van der Waals surface area contributed by atoms with E-state index in [0.29, 0.717) is 19.2 Å². The average Bonchev–Trinajstić information content (AvgIpc) is 2.10. The molecule has 90 valence electrons. The van der Waals surface area contributed by atoms with Crippen molar-refractivity contribution in [2.45, 2.75) is 38.5 Å². The molecule has 1 aliphatic rings. The third kappa shape index (κ3) is 3.72. The predicted molar refractivity (Wildman–Crippen MR) is 60.9 cm³/mol. The smallest absolute Gasteiger partial charge is 0.0757 e. The Kier molecular flexibility index (Phi) is 4.52. The Bertz CT molecular complexity index is 197. The maximum Gasteiger partial charge on any atom is 0.0757 e. The molecule has 1 aliphatic heterocycles. The van der Waals surface area contributed by atoms with Gasteiger partial charge in [0.15, 0.2) is 0 Å². The van der Waals surface area contributed by atoms with Crippen molar-refractivity contribution >= 4 is 0 Å². The molecule has 0 aromatic heterocycles. The minimum atomic E-state index is -0.0845. The standard InChI is InChI=1S/C11H24N2O2/c1-9-6-13(8-11(2,3)15-9)10(5-12)7-14-4/h9-10H,5-8,12H2,1-4H3. The van der Waals surface area contributed by atoms with Crippen LogP contribution in [0.25, 0.3) is 0 Å². The highest BCUT2D eigenvalue weighted by molar-refractivity contribution is 4.86. The van der Waals surface area contributed by atoms with Gasteiger partial charge in [0.25, 0.3) is 0 Å². The molecule has 1 fully saturated rings. The van der Waals surface area contributed by atoms with Crippen LogP contribution in [-0.2, 0) is 9.47 Å². The molecule has 1 saturated heterocycles. The Morgan fingerprint density at radius 3 is 2.73 bits per heavy atom. The number of hydrogen-bond acceptors (Lipinski definition) is 4. The Hall–Kier alpha value is -0.160. The normalized spacial score (nSPS) is 29.0. The lowest BCUT2D eigenvalue weighted by Gasteiger charge is -2.44. The predicted octanol–water partition coefficient (Wildman–Crippen LogP) is 0.459. The first-order valence-corrected chi connectivity index (χ1v) is 5.59. The van der Waals surface area contributed by atoms with Crippen molar-refractivity contribution in [1.29, 1.82) is 0 Å². The van der Waals surface area contributed by atoms with Gasteiger partial charge in [-0.2, -0.15) is 0 Å². The van der Waals surface area contributed by atoms with Gasteiger partial charge >= 0.3 is 0 Å². The fraction of sp³-hybridized carbons (Fsp3) is 1.00. The minimum Gasteiger partial charge on any atom is -0.383 e. The summed E-state index contributed by atoms with van der Waals surface area (Å²) in [5, 5.41) is 0. The number of morpholine rings is 1. The summed E-state index contributed by atoms with van der Waals surface area (Å²) in [6.07, 6.45) is 0.264. The van der Waals surface area contributed by atoms with Gasteiger partial charge in [-0.1, -0.05) is 0 Å². The second-order valence-corrected chi connectivity index (χ2v) is 4.96. The van der Waals surface area contributed by atoms with Gasteiger partial charge in [-0.3, -0.25) is 4.90 Å². The molecule has 1 heterocycles. The molecule has 2 N–H and O–H groups in total. The summed E-state index contributed by atoms with van der Waals surface area (Å²) in [5.41, 5.74) is 5.68. The van der Waals surface area contributed by atoms with E-state index in [9.17, 15) is 0 Å². The molecule has 15 heavy (non-hydrogen) atoms. The molecular formula is C11H24N2O2. The van der Waals surface area contributed by atoms with E-state index in [1.54, 1.807) is 7.11 Å². The molecule has 4 heteroatoms. The summed E-state index contributed by atoms with van der Waals surface area (Å²) < 4.78 is 11.0. The van der Waals surface area contributed by atoms with E-state index in [1.807, 2.05) is 0 Å². The zero-order chi connectivity index (χ0) is 11.5. The Morgan fingerprint density at radius 1 is 1.60 bits per heavy atom. The van der Waals surface area contributed by atoms with Crippen LogP contribution in [0.2, 0.25) is 0 Å². The van der Waals surface area contributed by atoms with Crippen LogP contribution in [0.15, 0.2) is 0 Å². The van der Waals surface area contributed by atoms with Gasteiger partial charge in [0.2, 0.25) is 0 Å². The lowest BCUT2D eigenvalue weighted by Crippen LogP contribution is -2.57. The Morgan fingerprint density at radius 2 is 2.27 bits per heavy atom. The second-order valence-electron chi connectivity index (χ2n) is 4.96. The van der Waals surface area contributed by atoms with Crippen molar-refractivity contribution in [1.82, 2.24) is 4.90 Å². The molecule has 0 saturated carbocycles. The Labute approximate surface area is 92.7 Å². The van der Waals surface area contributed by atoms with Crippen LogP contribution in [0.4, 0.5) is 0 Å². The molecule has 0 aromatic carbocycles. The second kappa shape index (κ2) is 5.25. The Balaban J connectivity index is 2.59. The first kappa shape index (κ1) is 12.9. The summed E-state index contributed by atoms with van der Waals surface area (Å²) in [6, 6.07) is 0.306. The number of methoxy groups -OCH3 is 1. The van der Waals surface area contributed by atoms with Crippen LogP contribution in [-0.4, -0.2) is 56.0 Å². The van der Waals surface area contributed by atoms with Crippen molar-refractivity contribution in [3.8, 4) is 0 Å². The lowest BCUT2D eigenvalue weighted by molar-refractivity contribution is -0.141. The van der Waals surface area contributed by atoms with Crippen molar-refractivity contribution in [3.05, 3.63) is 0 Å². The van der Waals surface area contributed by atoms with Gasteiger partial charge in [-0.05, 0) is 20.8 Å². The molecule has 2 unspecified atom stereocenters. The van der Waals surface area contributed by atoms with Crippen LogP contribution < -0.4 is 5.73 Å². The van der Waals surface area contributed by atoms with Gasteiger partial charge in [0, 0.05) is 32.8 Å². The van der Waals surface area contributed by atoms with Gasteiger partial charge < -0.3 is 15.2 Å². The molecular weight excluding hydrogens is 192 g/mol. The lowest BCUT2D eigenvalue weighted by atomic mass is 10.0. The SMILES string of the molecule is COCC(CN)N1CC(C)OC(C)(C)C1. The topological polar surface area (TPSA) is 47.7 Å². The number of nitrogens with zero attached hydrogens (tertiary/aromatic N) is 1. The highest BCUT2D eigenvalue weighted by atomic mass is 16.5. The van der Waals surface area contributed by atoms with E-state index in [1.165, 1.54) is 0 Å². The fourth-order valence-corrected chi connectivity index (χ4v) is 2.30. The van der Waals surface area contributed by atoms with Crippen molar-refractivity contribution in [2.75, 3.05) is 33.4 Å². The molecule has 0 aliphatic carbocycles. The van der Waals surface area contributed by atoms with Crippen LogP contribution >= 0.6 is 0 Å². The number of nitrogens with two attached hydrogens (primary N) is 1. The molecule has 0 spiro atoms. The van der Waals surface area contributed by atoms with Gasteiger partial charge in [0.1, 0.15) is 0 Å². The maximum absolute atomic E-state index is 5.85. The number of ether oxygens (including phenoxy) is 2. The largest absolute Gasteiger partial charge is 0.383 e. The summed E-state index contributed by atoms with van der Waals surface area (Å²) in [6.45, 7) is 9.54. The van der Waals surface area contributed by atoms with E-state index in [-0.39, 0.29) is 11.7 Å². The average molecular weight is 216 g/mol. The molecule has 1 rings (SSSR count). The van der Waals surface area contributed by atoms with E-state index < -0.39 is 0 Å². The molecule has 0 bridgehead atoms. The summed E-state index contributed by atoms with van der Waals surface area (Å²) >= 11 is 0. The third-order valence-corrected chi connectivity index (χ3v) is 2.74. The van der Waals surface area contributed by atoms with Crippen LogP contribution in [0, 0.1) is 0 Å². The van der Waals surface area contributed by atoms with E-state index in [4.69, 9.17) is 15.2 Å². The van der Waals surface area contributed by atoms with Gasteiger partial charge in [0.05, 0.1) is 18.3 Å². The first-order chi connectivity index (χ1) is 6.98. The zero-order valence-electron chi connectivity index (χ0n) is 10.3. The van der Waals surface area contributed by atoms with Crippen molar-refractivity contribution in [3.63, 3.8) is 0 Å². The maximum atomic E-state index is 5.85. The summed E-state index contributed by atoms with van der Waals surface area (Å²) in [7, 11) is 1.72. The summed E-state index contributed by atoms with van der Waals surface area (Å²) in [4.78, 5) is 2.37. The monoisotopic (exact) mass is 216 g/mol. The van der Waals surface area contributed by atoms with Gasteiger partial charge in [-0.15, -0.1) is 0 Å². The van der Waals surface area contributed by atoms with Gasteiger partial charge in [-0.25, -0.2) is 0 Å². The third-order valence-electron chi connectivity index (χ3n) is 2.74.